The minimum absolute atomic E-state index is 0.190. The summed E-state index contributed by atoms with van der Waals surface area (Å²) in [4.78, 5) is 18.8. The van der Waals surface area contributed by atoms with Crippen LogP contribution in [0.5, 0.6) is 0 Å². The standard InChI is InChI=1S/C45H30N4/c1-45(2)39-14-8-13-37(41(39)38-24-23-36(46-3)27-40(38)45)30-17-19-31(20-18-30)42-47-43(34-21-15-28-9-4-6-11-32(28)25-34)49-44(48-42)35-22-16-29-10-5-7-12-33(29)26-35/h4-27H,1-2H3. The van der Waals surface area contributed by atoms with E-state index in [1.54, 1.807) is 0 Å². The third kappa shape index (κ3) is 4.79. The van der Waals surface area contributed by atoms with Gasteiger partial charge in [-0.25, -0.2) is 19.8 Å². The molecule has 0 radical (unpaired) electrons. The molecule has 0 amide bonds. The summed E-state index contributed by atoms with van der Waals surface area (Å²) in [6.45, 7) is 12.1. The lowest BCUT2D eigenvalue weighted by molar-refractivity contribution is 0.661. The average molecular weight is 627 g/mol. The van der Waals surface area contributed by atoms with E-state index < -0.39 is 0 Å². The minimum atomic E-state index is -0.190. The molecule has 0 atom stereocenters. The number of rotatable bonds is 4. The van der Waals surface area contributed by atoms with Gasteiger partial charge in [-0.1, -0.05) is 147 Å². The topological polar surface area (TPSA) is 43.0 Å². The van der Waals surface area contributed by atoms with Crippen molar-refractivity contribution in [1.29, 1.82) is 0 Å². The molecule has 9 rings (SSSR count). The largest absolute Gasteiger partial charge is 0.238 e. The molecule has 1 heterocycles. The highest BCUT2D eigenvalue weighted by Gasteiger charge is 2.36. The van der Waals surface area contributed by atoms with Crippen LogP contribution in [0.3, 0.4) is 0 Å². The quantitative estimate of drug-likeness (QED) is 0.183. The third-order valence-electron chi connectivity index (χ3n) is 9.92. The van der Waals surface area contributed by atoms with Crippen LogP contribution in [-0.2, 0) is 5.41 Å². The second-order valence-corrected chi connectivity index (χ2v) is 13.2. The first kappa shape index (κ1) is 28.8. The zero-order chi connectivity index (χ0) is 33.1. The van der Waals surface area contributed by atoms with E-state index in [0.29, 0.717) is 23.2 Å². The van der Waals surface area contributed by atoms with Crippen molar-refractivity contribution in [3.8, 4) is 56.4 Å². The molecule has 0 saturated carbocycles. The molecule has 1 aliphatic rings. The van der Waals surface area contributed by atoms with Crippen molar-refractivity contribution in [2.75, 3.05) is 0 Å². The molecular formula is C45H30N4. The summed E-state index contributed by atoms with van der Waals surface area (Å²) in [7, 11) is 0. The van der Waals surface area contributed by atoms with E-state index in [-0.39, 0.29) is 5.41 Å². The fourth-order valence-corrected chi connectivity index (χ4v) is 7.30. The molecule has 1 aromatic heterocycles. The van der Waals surface area contributed by atoms with Gasteiger partial charge in [0.15, 0.2) is 23.2 Å². The van der Waals surface area contributed by atoms with Crippen molar-refractivity contribution in [2.45, 2.75) is 19.3 Å². The van der Waals surface area contributed by atoms with Crippen LogP contribution in [0.25, 0.3) is 82.8 Å². The number of hydrogen-bond acceptors (Lipinski definition) is 3. The van der Waals surface area contributed by atoms with Gasteiger partial charge in [-0.2, -0.15) is 0 Å². The summed E-state index contributed by atoms with van der Waals surface area (Å²) in [5.74, 6) is 1.91. The predicted octanol–water partition coefficient (Wildman–Crippen LogP) is 11.7. The van der Waals surface area contributed by atoms with E-state index >= 15 is 0 Å². The minimum Gasteiger partial charge on any atom is -0.238 e. The third-order valence-corrected chi connectivity index (χ3v) is 9.92. The van der Waals surface area contributed by atoms with Crippen molar-refractivity contribution in [3.05, 3.63) is 168 Å². The van der Waals surface area contributed by atoms with Gasteiger partial charge in [0, 0.05) is 22.1 Å². The average Bonchev–Trinajstić information content (AvgIpc) is 3.39. The van der Waals surface area contributed by atoms with Gasteiger partial charge in [-0.3, -0.25) is 0 Å². The molecule has 49 heavy (non-hydrogen) atoms. The smallest absolute Gasteiger partial charge is 0.187 e. The molecule has 0 unspecified atom stereocenters. The molecule has 4 heteroatoms. The van der Waals surface area contributed by atoms with E-state index in [2.05, 4.69) is 158 Å². The Labute approximate surface area is 285 Å². The second kappa shape index (κ2) is 11.1. The molecule has 4 nitrogen and oxygen atoms in total. The van der Waals surface area contributed by atoms with E-state index in [0.717, 1.165) is 33.0 Å². The zero-order valence-corrected chi connectivity index (χ0v) is 27.1. The van der Waals surface area contributed by atoms with Crippen LogP contribution in [0.2, 0.25) is 0 Å². The maximum atomic E-state index is 7.56. The van der Waals surface area contributed by atoms with Gasteiger partial charge in [0.1, 0.15) is 0 Å². The Balaban J connectivity index is 1.17. The molecule has 8 aromatic rings. The van der Waals surface area contributed by atoms with Crippen molar-refractivity contribution in [1.82, 2.24) is 15.0 Å². The molecule has 0 saturated heterocycles. The van der Waals surface area contributed by atoms with E-state index in [1.165, 1.54) is 38.6 Å². The lowest BCUT2D eigenvalue weighted by Crippen LogP contribution is -2.14. The Kier molecular flexibility index (Phi) is 6.50. The fourth-order valence-electron chi connectivity index (χ4n) is 7.30. The maximum Gasteiger partial charge on any atom is 0.187 e. The summed E-state index contributed by atoms with van der Waals surface area (Å²) in [6.07, 6.45) is 0. The Bertz CT molecular complexity index is 2550. The van der Waals surface area contributed by atoms with Gasteiger partial charge < -0.3 is 0 Å². The van der Waals surface area contributed by atoms with Gasteiger partial charge in [0.05, 0.1) is 6.57 Å². The number of nitrogens with zero attached hydrogens (tertiary/aromatic N) is 4. The molecule has 0 N–H and O–H groups in total. The van der Waals surface area contributed by atoms with E-state index in [4.69, 9.17) is 21.5 Å². The highest BCUT2D eigenvalue weighted by molar-refractivity contribution is 5.94. The lowest BCUT2D eigenvalue weighted by atomic mass is 9.82. The first-order chi connectivity index (χ1) is 24.0. The Morgan fingerprint density at radius 3 is 1.57 bits per heavy atom. The SMILES string of the molecule is [C-]#[N+]c1ccc2c(c1)C(C)(C)c1cccc(-c3ccc(-c4nc(-c5ccc6ccccc6c5)nc(-c5ccc6ccccc6c5)n4)cc3)c1-2. The Morgan fingerprint density at radius 2 is 0.980 bits per heavy atom. The van der Waals surface area contributed by atoms with Crippen LogP contribution in [0.1, 0.15) is 25.0 Å². The highest BCUT2D eigenvalue weighted by Crippen LogP contribution is 2.53. The summed E-state index contributed by atoms with van der Waals surface area (Å²) >= 11 is 0. The van der Waals surface area contributed by atoms with Gasteiger partial charge in [-0.15, -0.1) is 0 Å². The van der Waals surface area contributed by atoms with E-state index in [9.17, 15) is 0 Å². The molecule has 7 aromatic carbocycles. The van der Waals surface area contributed by atoms with Crippen LogP contribution in [0.15, 0.2) is 146 Å². The normalized spacial score (nSPS) is 12.8. The van der Waals surface area contributed by atoms with Crippen LogP contribution in [0.4, 0.5) is 5.69 Å². The van der Waals surface area contributed by atoms with Crippen LogP contribution in [-0.4, -0.2) is 15.0 Å². The molecular weight excluding hydrogens is 597 g/mol. The second-order valence-electron chi connectivity index (χ2n) is 13.2. The highest BCUT2D eigenvalue weighted by atomic mass is 15.0. The van der Waals surface area contributed by atoms with E-state index in [1.807, 2.05) is 6.07 Å². The predicted molar refractivity (Wildman–Crippen MR) is 200 cm³/mol. The van der Waals surface area contributed by atoms with Crippen LogP contribution in [0, 0.1) is 6.57 Å². The summed E-state index contributed by atoms with van der Waals surface area (Å²) in [5, 5.41) is 4.64. The number of benzene rings is 7. The molecule has 0 aliphatic heterocycles. The number of aromatic nitrogens is 3. The van der Waals surface area contributed by atoms with Crippen molar-refractivity contribution in [3.63, 3.8) is 0 Å². The molecule has 0 spiro atoms. The fraction of sp³-hybridized carbons (Fsp3) is 0.0667. The molecule has 0 fully saturated rings. The number of fused-ring (bicyclic) bond motifs is 5. The summed E-state index contributed by atoms with van der Waals surface area (Å²) in [6, 6.07) is 50.6. The molecule has 0 bridgehead atoms. The number of hydrogen-bond donors (Lipinski definition) is 0. The Morgan fingerprint density at radius 1 is 0.449 bits per heavy atom. The van der Waals surface area contributed by atoms with Crippen molar-refractivity contribution in [2.24, 2.45) is 0 Å². The molecule has 1 aliphatic carbocycles. The van der Waals surface area contributed by atoms with Gasteiger partial charge in [0.2, 0.25) is 0 Å². The Hall–Kier alpha value is -6.44. The monoisotopic (exact) mass is 626 g/mol. The van der Waals surface area contributed by atoms with Crippen LogP contribution >= 0.6 is 0 Å². The first-order valence-electron chi connectivity index (χ1n) is 16.5. The van der Waals surface area contributed by atoms with Crippen molar-refractivity contribution < 1.29 is 0 Å². The van der Waals surface area contributed by atoms with Gasteiger partial charge >= 0.3 is 0 Å². The maximum absolute atomic E-state index is 7.56. The van der Waals surface area contributed by atoms with Crippen molar-refractivity contribution >= 4 is 27.2 Å². The summed E-state index contributed by atoms with van der Waals surface area (Å²) < 4.78 is 0. The van der Waals surface area contributed by atoms with Gasteiger partial charge in [-0.05, 0) is 67.1 Å². The van der Waals surface area contributed by atoms with Gasteiger partial charge in [0.25, 0.3) is 0 Å². The summed E-state index contributed by atoms with van der Waals surface area (Å²) in [5.41, 5.74) is 10.5. The van der Waals surface area contributed by atoms with Crippen LogP contribution < -0.4 is 0 Å². The first-order valence-corrected chi connectivity index (χ1v) is 16.5. The lowest BCUT2D eigenvalue weighted by Gasteiger charge is -2.22. The molecule has 230 valence electrons. The zero-order valence-electron chi connectivity index (χ0n) is 27.1.